The van der Waals surface area contributed by atoms with Gasteiger partial charge in [-0.05, 0) is 36.4 Å². The number of aromatic amines is 1. The lowest BCUT2D eigenvalue weighted by molar-refractivity contribution is -0.137. The van der Waals surface area contributed by atoms with Crippen molar-refractivity contribution >= 4 is 34.1 Å². The molecule has 0 fully saturated rings. The van der Waals surface area contributed by atoms with Gasteiger partial charge in [0.1, 0.15) is 5.82 Å². The van der Waals surface area contributed by atoms with E-state index in [9.17, 15) is 13.2 Å². The number of benzene rings is 3. The van der Waals surface area contributed by atoms with E-state index in [2.05, 4.69) is 25.5 Å². The Balaban J connectivity index is 1.41. The molecule has 0 amide bonds. The van der Waals surface area contributed by atoms with E-state index in [1.54, 1.807) is 6.07 Å². The SMILES string of the molecule is FC(F)(F)c1cc2nc(-c3cccc(Nc4ccc(-c5ccccc5)nn4)c3)[nH]c2cc1Cl. The van der Waals surface area contributed by atoms with E-state index >= 15 is 0 Å². The van der Waals surface area contributed by atoms with Crippen LogP contribution in [-0.2, 0) is 6.18 Å². The van der Waals surface area contributed by atoms with E-state index in [4.69, 9.17) is 11.6 Å². The van der Waals surface area contributed by atoms with Gasteiger partial charge >= 0.3 is 6.18 Å². The third kappa shape index (κ3) is 4.38. The van der Waals surface area contributed by atoms with Gasteiger partial charge in [0, 0.05) is 16.8 Å². The Labute approximate surface area is 191 Å². The molecule has 0 aliphatic carbocycles. The minimum Gasteiger partial charge on any atom is -0.339 e. The van der Waals surface area contributed by atoms with Crippen molar-refractivity contribution < 1.29 is 13.2 Å². The zero-order valence-corrected chi connectivity index (χ0v) is 17.6. The Bertz CT molecular complexity index is 1430. The second kappa shape index (κ2) is 8.22. The van der Waals surface area contributed by atoms with E-state index in [1.807, 2.05) is 60.7 Å². The highest BCUT2D eigenvalue weighted by molar-refractivity contribution is 6.32. The van der Waals surface area contributed by atoms with E-state index in [-0.39, 0.29) is 10.5 Å². The second-order valence-electron chi connectivity index (χ2n) is 7.31. The fourth-order valence-corrected chi connectivity index (χ4v) is 3.71. The van der Waals surface area contributed by atoms with Crippen LogP contribution >= 0.6 is 11.6 Å². The molecule has 2 N–H and O–H groups in total. The van der Waals surface area contributed by atoms with Crippen molar-refractivity contribution in [2.45, 2.75) is 6.18 Å². The molecule has 2 heterocycles. The number of hydrogen-bond acceptors (Lipinski definition) is 4. The Morgan fingerprint density at radius 2 is 1.61 bits per heavy atom. The zero-order valence-electron chi connectivity index (χ0n) is 16.9. The summed E-state index contributed by atoms with van der Waals surface area (Å²) >= 11 is 5.82. The summed E-state index contributed by atoms with van der Waals surface area (Å²) < 4.78 is 39.4. The molecule has 0 radical (unpaired) electrons. The molecule has 0 saturated carbocycles. The van der Waals surface area contributed by atoms with Gasteiger partial charge in [-0.2, -0.15) is 13.2 Å². The highest BCUT2D eigenvalue weighted by Gasteiger charge is 2.33. The summed E-state index contributed by atoms with van der Waals surface area (Å²) in [7, 11) is 0. The molecule has 0 aliphatic rings. The number of nitrogens with one attached hydrogen (secondary N) is 2. The summed E-state index contributed by atoms with van der Waals surface area (Å²) in [6, 6.07) is 22.9. The van der Waals surface area contributed by atoms with Crippen LogP contribution in [0.2, 0.25) is 5.02 Å². The number of anilines is 2. The maximum Gasteiger partial charge on any atom is 0.417 e. The van der Waals surface area contributed by atoms with Crippen molar-refractivity contribution in [2.75, 3.05) is 5.32 Å². The highest BCUT2D eigenvalue weighted by atomic mass is 35.5. The molecule has 0 spiro atoms. The third-order valence-electron chi connectivity index (χ3n) is 5.02. The average molecular weight is 466 g/mol. The molecule has 5 nitrogen and oxygen atoms in total. The quantitative estimate of drug-likeness (QED) is 0.297. The summed E-state index contributed by atoms with van der Waals surface area (Å²) in [6.07, 6.45) is -4.55. The minimum atomic E-state index is -4.55. The summed E-state index contributed by atoms with van der Waals surface area (Å²) in [5.41, 5.74) is 2.83. The van der Waals surface area contributed by atoms with Gasteiger partial charge in [-0.25, -0.2) is 4.98 Å². The van der Waals surface area contributed by atoms with Crippen LogP contribution in [-0.4, -0.2) is 20.2 Å². The van der Waals surface area contributed by atoms with Crippen LogP contribution in [0.5, 0.6) is 0 Å². The predicted molar refractivity (Wildman–Crippen MR) is 122 cm³/mol. The van der Waals surface area contributed by atoms with Crippen molar-refractivity contribution in [3.8, 4) is 22.6 Å². The third-order valence-corrected chi connectivity index (χ3v) is 5.33. The van der Waals surface area contributed by atoms with E-state index in [0.29, 0.717) is 22.7 Å². The first-order valence-electron chi connectivity index (χ1n) is 9.90. The summed E-state index contributed by atoms with van der Waals surface area (Å²) in [5, 5.41) is 11.3. The predicted octanol–water partition coefficient (Wildman–Crippen LogP) is 7.10. The van der Waals surface area contributed by atoms with Crippen LogP contribution in [0.1, 0.15) is 5.56 Å². The second-order valence-corrected chi connectivity index (χ2v) is 7.72. The molecular formula is C24H15ClF3N5. The van der Waals surface area contributed by atoms with Gasteiger partial charge in [-0.1, -0.05) is 54.1 Å². The Hall–Kier alpha value is -3.91. The summed E-state index contributed by atoms with van der Waals surface area (Å²) in [4.78, 5) is 7.35. The fraction of sp³-hybridized carbons (Fsp3) is 0.0417. The Morgan fingerprint density at radius 1 is 0.818 bits per heavy atom. The smallest absolute Gasteiger partial charge is 0.339 e. The molecule has 3 aromatic carbocycles. The van der Waals surface area contributed by atoms with Crippen molar-refractivity contribution in [1.82, 2.24) is 20.2 Å². The van der Waals surface area contributed by atoms with Crippen LogP contribution in [0.3, 0.4) is 0 Å². The van der Waals surface area contributed by atoms with Crippen LogP contribution in [0.15, 0.2) is 78.9 Å². The molecule has 0 unspecified atom stereocenters. The number of aromatic nitrogens is 4. The van der Waals surface area contributed by atoms with Gasteiger partial charge in [0.2, 0.25) is 0 Å². The molecule has 0 saturated heterocycles. The van der Waals surface area contributed by atoms with Gasteiger partial charge in [0.25, 0.3) is 0 Å². The molecule has 5 aromatic rings. The van der Waals surface area contributed by atoms with Gasteiger partial charge in [0.05, 0.1) is 27.3 Å². The minimum absolute atomic E-state index is 0.183. The molecular weight excluding hydrogens is 451 g/mol. The fourth-order valence-electron chi connectivity index (χ4n) is 3.44. The average Bonchev–Trinajstić information content (AvgIpc) is 3.22. The van der Waals surface area contributed by atoms with Crippen LogP contribution in [0, 0.1) is 0 Å². The molecule has 5 rings (SSSR count). The van der Waals surface area contributed by atoms with Crippen LogP contribution in [0.25, 0.3) is 33.7 Å². The number of nitrogens with zero attached hydrogens (tertiary/aromatic N) is 3. The number of H-pyrrole nitrogens is 1. The van der Waals surface area contributed by atoms with Crippen molar-refractivity contribution in [1.29, 1.82) is 0 Å². The molecule has 0 aliphatic heterocycles. The van der Waals surface area contributed by atoms with Crippen molar-refractivity contribution in [2.24, 2.45) is 0 Å². The number of hydrogen-bond donors (Lipinski definition) is 2. The number of alkyl halides is 3. The maximum atomic E-state index is 13.1. The zero-order chi connectivity index (χ0) is 23.0. The summed E-state index contributed by atoms with van der Waals surface area (Å²) in [5.74, 6) is 0.979. The molecule has 9 heteroatoms. The van der Waals surface area contributed by atoms with Crippen LogP contribution < -0.4 is 5.32 Å². The summed E-state index contributed by atoms with van der Waals surface area (Å²) in [6.45, 7) is 0. The van der Waals surface area contributed by atoms with Gasteiger partial charge in [0.15, 0.2) is 5.82 Å². The van der Waals surface area contributed by atoms with E-state index < -0.39 is 11.7 Å². The van der Waals surface area contributed by atoms with Gasteiger partial charge in [-0.3, -0.25) is 0 Å². The number of halogens is 4. The van der Waals surface area contributed by atoms with Crippen LogP contribution in [0.4, 0.5) is 24.7 Å². The lowest BCUT2D eigenvalue weighted by Crippen LogP contribution is -2.05. The largest absolute Gasteiger partial charge is 0.417 e. The number of imidazole rings is 1. The van der Waals surface area contributed by atoms with Gasteiger partial charge in [-0.15, -0.1) is 10.2 Å². The normalized spacial score (nSPS) is 11.6. The lowest BCUT2D eigenvalue weighted by atomic mass is 10.1. The van der Waals surface area contributed by atoms with Crippen molar-refractivity contribution in [3.63, 3.8) is 0 Å². The highest BCUT2D eigenvalue weighted by Crippen LogP contribution is 2.37. The molecule has 33 heavy (non-hydrogen) atoms. The first-order chi connectivity index (χ1) is 15.9. The standard InChI is InChI=1S/C24H15ClF3N5/c25-18-13-21-20(12-17(18)24(26,27)28)30-23(31-21)15-7-4-8-16(11-15)29-22-10-9-19(32-33-22)14-5-2-1-3-6-14/h1-13H,(H,29,33)(H,30,31). The van der Waals surface area contributed by atoms with E-state index in [0.717, 1.165) is 23.0 Å². The van der Waals surface area contributed by atoms with Gasteiger partial charge < -0.3 is 10.3 Å². The first-order valence-corrected chi connectivity index (χ1v) is 10.3. The van der Waals surface area contributed by atoms with Crippen molar-refractivity contribution in [3.05, 3.63) is 89.4 Å². The molecule has 164 valence electrons. The lowest BCUT2D eigenvalue weighted by Gasteiger charge is -2.07. The number of rotatable bonds is 4. The number of fused-ring (bicyclic) bond motifs is 1. The molecule has 0 atom stereocenters. The Kier molecular flexibility index (Phi) is 5.22. The molecule has 2 aromatic heterocycles. The first kappa shape index (κ1) is 21.0. The van der Waals surface area contributed by atoms with E-state index in [1.165, 1.54) is 6.07 Å². The topological polar surface area (TPSA) is 66.5 Å². The Morgan fingerprint density at radius 3 is 2.33 bits per heavy atom. The maximum absolute atomic E-state index is 13.1. The molecule has 0 bridgehead atoms. The monoisotopic (exact) mass is 465 g/mol.